The van der Waals surface area contributed by atoms with Crippen LogP contribution in [0.25, 0.3) is 0 Å². The Morgan fingerprint density at radius 3 is 2.89 bits per heavy atom. The predicted molar refractivity (Wildman–Crippen MR) is 75.6 cm³/mol. The number of halogens is 1. The monoisotopic (exact) mass is 320 g/mol. The Hall–Kier alpha value is -1.33. The minimum Gasteiger partial charge on any atom is -0.323 e. The second-order valence-electron chi connectivity index (χ2n) is 3.85. The molecule has 0 bridgehead atoms. The van der Waals surface area contributed by atoms with Gasteiger partial charge in [0.1, 0.15) is 5.25 Å². The zero-order chi connectivity index (χ0) is 12.5. The number of benzene rings is 1. The summed E-state index contributed by atoms with van der Waals surface area (Å²) in [5, 5.41) is 2.65. The molecule has 3 rings (SSSR count). The van der Waals surface area contributed by atoms with Crippen molar-refractivity contribution in [3.05, 3.63) is 52.8 Å². The Bertz CT molecular complexity index is 603. The van der Waals surface area contributed by atoms with E-state index in [2.05, 4.69) is 26.2 Å². The van der Waals surface area contributed by atoms with Gasteiger partial charge in [0.15, 0.2) is 0 Å². The number of nitrogens with zero attached hydrogens (tertiary/aromatic N) is 1. The van der Waals surface area contributed by atoms with Gasteiger partial charge in [-0.1, -0.05) is 12.1 Å². The molecule has 1 aliphatic heterocycles. The van der Waals surface area contributed by atoms with Crippen LogP contribution in [0.1, 0.15) is 10.9 Å². The van der Waals surface area contributed by atoms with Gasteiger partial charge < -0.3 is 5.32 Å². The van der Waals surface area contributed by atoms with Gasteiger partial charge in [0, 0.05) is 15.6 Å². The normalized spacial score (nSPS) is 18.1. The highest BCUT2D eigenvalue weighted by Crippen LogP contribution is 2.45. The summed E-state index contributed by atoms with van der Waals surface area (Å²) in [5.74, 6) is -0.0295. The van der Waals surface area contributed by atoms with E-state index in [1.165, 1.54) is 11.8 Å². The molecular formula is C13H9BrN2OS. The number of anilines is 1. The number of pyridine rings is 1. The summed E-state index contributed by atoms with van der Waals surface area (Å²) < 4.78 is 0.903. The van der Waals surface area contributed by atoms with Crippen LogP contribution in [0.5, 0.6) is 0 Å². The highest BCUT2D eigenvalue weighted by atomic mass is 79.9. The maximum absolute atomic E-state index is 12.1. The third-order valence-corrected chi connectivity index (χ3v) is 4.61. The van der Waals surface area contributed by atoms with E-state index in [-0.39, 0.29) is 11.2 Å². The number of hydrogen-bond acceptors (Lipinski definition) is 3. The largest absolute Gasteiger partial charge is 0.323 e. The molecule has 18 heavy (non-hydrogen) atoms. The fourth-order valence-corrected chi connectivity index (χ4v) is 3.53. The van der Waals surface area contributed by atoms with Crippen molar-refractivity contribution >= 4 is 39.3 Å². The topological polar surface area (TPSA) is 42.0 Å². The first-order valence-electron chi connectivity index (χ1n) is 5.42. The van der Waals surface area contributed by atoms with Gasteiger partial charge in [0.25, 0.3) is 0 Å². The molecule has 2 aromatic rings. The van der Waals surface area contributed by atoms with Gasteiger partial charge in [0.2, 0.25) is 5.91 Å². The number of rotatable bonds is 1. The Kier molecular flexibility index (Phi) is 3.09. The van der Waals surface area contributed by atoms with Crippen molar-refractivity contribution in [2.45, 2.75) is 10.1 Å². The summed E-state index contributed by atoms with van der Waals surface area (Å²) in [6, 6.07) is 11.5. The van der Waals surface area contributed by atoms with Crippen LogP contribution < -0.4 is 5.32 Å². The molecule has 3 nitrogen and oxygen atoms in total. The lowest BCUT2D eigenvalue weighted by Gasteiger charge is -2.24. The maximum atomic E-state index is 12.1. The summed E-state index contributed by atoms with van der Waals surface area (Å²) in [7, 11) is 0. The third kappa shape index (κ3) is 2.04. The van der Waals surface area contributed by atoms with Crippen molar-refractivity contribution in [1.29, 1.82) is 0 Å². The number of thioether (sulfide) groups is 1. The minimum atomic E-state index is -0.284. The first-order valence-corrected chi connectivity index (χ1v) is 7.10. The SMILES string of the molecule is O=C1Nc2c(Br)cccc2SC1c1ccccn1. The summed E-state index contributed by atoms with van der Waals surface area (Å²) in [4.78, 5) is 17.4. The highest BCUT2D eigenvalue weighted by molar-refractivity contribution is 9.10. The van der Waals surface area contributed by atoms with Gasteiger partial charge in [-0.25, -0.2) is 0 Å². The van der Waals surface area contributed by atoms with Crippen LogP contribution >= 0.6 is 27.7 Å². The zero-order valence-electron chi connectivity index (χ0n) is 9.26. The molecule has 0 spiro atoms. The molecule has 0 fully saturated rings. The third-order valence-electron chi connectivity index (χ3n) is 2.66. The van der Waals surface area contributed by atoms with Crippen molar-refractivity contribution in [3.8, 4) is 0 Å². The van der Waals surface area contributed by atoms with Gasteiger partial charge in [-0.05, 0) is 40.2 Å². The van der Waals surface area contributed by atoms with E-state index in [9.17, 15) is 4.79 Å². The number of para-hydroxylation sites is 1. The van der Waals surface area contributed by atoms with Crippen molar-refractivity contribution in [1.82, 2.24) is 4.98 Å². The van der Waals surface area contributed by atoms with Crippen LogP contribution in [0.3, 0.4) is 0 Å². The number of aromatic nitrogens is 1. The number of carbonyl (C=O) groups is 1. The van der Waals surface area contributed by atoms with E-state index in [4.69, 9.17) is 0 Å². The molecule has 0 saturated carbocycles. The average Bonchev–Trinajstić information content (AvgIpc) is 2.40. The molecule has 90 valence electrons. The second kappa shape index (κ2) is 4.74. The number of fused-ring (bicyclic) bond motifs is 1. The number of nitrogens with one attached hydrogen (secondary N) is 1. The fraction of sp³-hybridized carbons (Fsp3) is 0.0769. The Morgan fingerprint density at radius 1 is 1.22 bits per heavy atom. The lowest BCUT2D eigenvalue weighted by molar-refractivity contribution is -0.116. The zero-order valence-corrected chi connectivity index (χ0v) is 11.7. The summed E-state index contributed by atoms with van der Waals surface area (Å²) in [6.45, 7) is 0. The molecule has 1 aromatic carbocycles. The van der Waals surface area contributed by atoms with E-state index in [0.717, 1.165) is 20.7 Å². The van der Waals surface area contributed by atoms with Gasteiger partial charge in [-0.15, -0.1) is 11.8 Å². The van der Waals surface area contributed by atoms with Gasteiger partial charge in [0.05, 0.1) is 11.4 Å². The molecular weight excluding hydrogens is 312 g/mol. The van der Waals surface area contributed by atoms with Crippen molar-refractivity contribution in [2.24, 2.45) is 0 Å². The van der Waals surface area contributed by atoms with E-state index in [1.54, 1.807) is 6.20 Å². The summed E-state index contributed by atoms with van der Waals surface area (Å²) in [6.07, 6.45) is 1.71. The van der Waals surface area contributed by atoms with Crippen LogP contribution in [-0.2, 0) is 4.79 Å². The van der Waals surface area contributed by atoms with Gasteiger partial charge >= 0.3 is 0 Å². The van der Waals surface area contributed by atoms with Crippen LogP contribution in [0, 0.1) is 0 Å². The number of amides is 1. The average molecular weight is 321 g/mol. The predicted octanol–water partition coefficient (Wildman–Crippen LogP) is 3.63. The summed E-state index contributed by atoms with van der Waals surface area (Å²) >= 11 is 4.97. The Balaban J connectivity index is 2.00. The quantitative estimate of drug-likeness (QED) is 0.872. The molecule has 0 saturated heterocycles. The fourth-order valence-electron chi connectivity index (χ4n) is 1.82. The molecule has 1 unspecified atom stereocenters. The molecule has 1 atom stereocenters. The molecule has 1 amide bonds. The van der Waals surface area contributed by atoms with E-state index in [1.807, 2.05) is 36.4 Å². The smallest absolute Gasteiger partial charge is 0.244 e. The lowest BCUT2D eigenvalue weighted by atomic mass is 10.2. The van der Waals surface area contributed by atoms with Crippen molar-refractivity contribution < 1.29 is 4.79 Å². The minimum absolute atomic E-state index is 0.0295. The van der Waals surface area contributed by atoms with Crippen LogP contribution in [0.15, 0.2) is 52.0 Å². The first-order chi connectivity index (χ1) is 8.75. The summed E-state index contributed by atoms with van der Waals surface area (Å²) in [5.41, 5.74) is 1.63. The standard InChI is InChI=1S/C13H9BrN2OS/c14-8-4-3-6-10-11(8)16-13(17)12(18-10)9-5-1-2-7-15-9/h1-7,12H,(H,16,17). The molecule has 1 aliphatic rings. The van der Waals surface area contributed by atoms with Crippen LogP contribution in [0.2, 0.25) is 0 Å². The van der Waals surface area contributed by atoms with E-state index >= 15 is 0 Å². The Morgan fingerprint density at radius 2 is 2.11 bits per heavy atom. The molecule has 2 heterocycles. The van der Waals surface area contributed by atoms with Gasteiger partial charge in [-0.2, -0.15) is 0 Å². The Labute approximate surface area is 117 Å². The van der Waals surface area contributed by atoms with Crippen LogP contribution in [0.4, 0.5) is 5.69 Å². The van der Waals surface area contributed by atoms with E-state index < -0.39 is 0 Å². The molecule has 0 radical (unpaired) electrons. The van der Waals surface area contributed by atoms with Crippen LogP contribution in [-0.4, -0.2) is 10.9 Å². The lowest BCUT2D eigenvalue weighted by Crippen LogP contribution is -2.23. The van der Waals surface area contributed by atoms with Crippen molar-refractivity contribution in [3.63, 3.8) is 0 Å². The van der Waals surface area contributed by atoms with Gasteiger partial charge in [-0.3, -0.25) is 9.78 Å². The molecule has 1 N–H and O–H groups in total. The number of hydrogen-bond donors (Lipinski definition) is 1. The van der Waals surface area contributed by atoms with E-state index in [0.29, 0.717) is 0 Å². The first kappa shape index (κ1) is 11.7. The number of carbonyl (C=O) groups excluding carboxylic acids is 1. The highest BCUT2D eigenvalue weighted by Gasteiger charge is 2.30. The maximum Gasteiger partial charge on any atom is 0.244 e. The molecule has 0 aliphatic carbocycles. The second-order valence-corrected chi connectivity index (χ2v) is 5.86. The molecule has 1 aromatic heterocycles. The van der Waals surface area contributed by atoms with Crippen molar-refractivity contribution in [2.75, 3.05) is 5.32 Å². The molecule has 5 heteroatoms.